The Bertz CT molecular complexity index is 397. The minimum atomic E-state index is 0.328. The first-order valence-corrected chi connectivity index (χ1v) is 7.29. The fourth-order valence-corrected chi connectivity index (χ4v) is 2.86. The molecule has 2 rings (SSSR count). The van der Waals surface area contributed by atoms with Crippen LogP contribution >= 0.6 is 15.9 Å². The second-order valence-electron chi connectivity index (χ2n) is 4.90. The van der Waals surface area contributed by atoms with Gasteiger partial charge in [0.2, 0.25) is 0 Å². The Morgan fingerprint density at radius 3 is 3.06 bits per heavy atom. The van der Waals surface area contributed by atoms with Crippen molar-refractivity contribution < 1.29 is 4.74 Å². The lowest BCUT2D eigenvalue weighted by Crippen LogP contribution is -2.29. The van der Waals surface area contributed by atoms with Gasteiger partial charge in [0.05, 0.1) is 6.10 Å². The summed E-state index contributed by atoms with van der Waals surface area (Å²) in [4.78, 5) is 2.46. The maximum atomic E-state index is 5.67. The van der Waals surface area contributed by atoms with Crippen LogP contribution in [0.2, 0.25) is 0 Å². The van der Waals surface area contributed by atoms with Crippen molar-refractivity contribution in [3.05, 3.63) is 33.8 Å². The highest BCUT2D eigenvalue weighted by Gasteiger charge is 2.16. The summed E-state index contributed by atoms with van der Waals surface area (Å²) in [6.45, 7) is 6.70. The number of benzene rings is 1. The molecule has 0 amide bonds. The minimum Gasteiger partial charge on any atom is -0.377 e. The Hall–Kier alpha value is -0.420. The molecule has 1 aromatic rings. The van der Waals surface area contributed by atoms with Gasteiger partial charge in [0.25, 0.3) is 0 Å². The number of nitrogens with zero attached hydrogens (tertiary/aromatic N) is 1. The highest BCUT2D eigenvalue weighted by atomic mass is 79.9. The van der Waals surface area contributed by atoms with Crippen molar-refractivity contribution in [2.24, 2.45) is 5.73 Å². The number of rotatable bonds is 3. The van der Waals surface area contributed by atoms with Crippen molar-refractivity contribution in [1.29, 1.82) is 0 Å². The average molecular weight is 313 g/mol. The third kappa shape index (κ3) is 3.79. The van der Waals surface area contributed by atoms with E-state index < -0.39 is 0 Å². The number of hydrogen-bond acceptors (Lipinski definition) is 3. The number of nitrogens with two attached hydrogens (primary N) is 1. The molecule has 1 aliphatic heterocycles. The average Bonchev–Trinajstić information content (AvgIpc) is 2.56. The van der Waals surface area contributed by atoms with Crippen molar-refractivity contribution >= 4 is 15.9 Å². The predicted molar refractivity (Wildman–Crippen MR) is 77.3 cm³/mol. The van der Waals surface area contributed by atoms with Crippen LogP contribution in [0.4, 0.5) is 0 Å². The normalized spacial score (nSPS) is 21.8. The van der Waals surface area contributed by atoms with Crippen molar-refractivity contribution in [2.45, 2.75) is 32.5 Å². The second-order valence-corrected chi connectivity index (χ2v) is 5.75. The Kier molecular flexibility index (Phi) is 5.18. The van der Waals surface area contributed by atoms with Gasteiger partial charge in [-0.1, -0.05) is 28.1 Å². The molecule has 1 saturated heterocycles. The van der Waals surface area contributed by atoms with Crippen LogP contribution < -0.4 is 5.73 Å². The van der Waals surface area contributed by atoms with E-state index in [0.717, 1.165) is 42.7 Å². The quantitative estimate of drug-likeness (QED) is 0.932. The molecule has 1 atom stereocenters. The molecular weight excluding hydrogens is 292 g/mol. The summed E-state index contributed by atoms with van der Waals surface area (Å²) in [6, 6.07) is 6.40. The van der Waals surface area contributed by atoms with Gasteiger partial charge >= 0.3 is 0 Å². The second kappa shape index (κ2) is 6.66. The lowest BCUT2D eigenvalue weighted by Gasteiger charge is -2.22. The Labute approximate surface area is 117 Å². The van der Waals surface area contributed by atoms with Gasteiger partial charge in [-0.15, -0.1) is 0 Å². The summed E-state index contributed by atoms with van der Waals surface area (Å²) < 4.78 is 6.82. The van der Waals surface area contributed by atoms with Crippen molar-refractivity contribution in [3.8, 4) is 0 Å². The molecule has 0 spiro atoms. The first kappa shape index (κ1) is 14.0. The molecular formula is C14H21BrN2O. The van der Waals surface area contributed by atoms with E-state index in [1.807, 2.05) is 0 Å². The van der Waals surface area contributed by atoms with Gasteiger partial charge in [0, 0.05) is 37.3 Å². The lowest BCUT2D eigenvalue weighted by molar-refractivity contribution is 0.0668. The van der Waals surface area contributed by atoms with E-state index in [9.17, 15) is 0 Å². The summed E-state index contributed by atoms with van der Waals surface area (Å²) in [6.07, 6.45) is 1.44. The summed E-state index contributed by atoms with van der Waals surface area (Å²) in [5, 5.41) is 0. The molecule has 4 heteroatoms. The molecule has 3 nitrogen and oxygen atoms in total. The summed E-state index contributed by atoms with van der Waals surface area (Å²) in [5.74, 6) is 0. The van der Waals surface area contributed by atoms with Crippen LogP contribution in [0.3, 0.4) is 0 Å². The summed E-state index contributed by atoms with van der Waals surface area (Å²) in [5.41, 5.74) is 8.13. The van der Waals surface area contributed by atoms with Gasteiger partial charge in [0.1, 0.15) is 0 Å². The fraction of sp³-hybridized carbons (Fsp3) is 0.571. The number of halogens is 1. The van der Waals surface area contributed by atoms with E-state index in [1.54, 1.807) is 0 Å². The van der Waals surface area contributed by atoms with Gasteiger partial charge in [-0.2, -0.15) is 0 Å². The molecule has 0 aliphatic carbocycles. The van der Waals surface area contributed by atoms with Gasteiger partial charge in [-0.25, -0.2) is 0 Å². The van der Waals surface area contributed by atoms with Crippen molar-refractivity contribution in [3.63, 3.8) is 0 Å². The summed E-state index contributed by atoms with van der Waals surface area (Å²) in [7, 11) is 0. The molecule has 0 aromatic heterocycles. The van der Waals surface area contributed by atoms with Crippen LogP contribution in [-0.2, 0) is 17.8 Å². The fourth-order valence-electron chi connectivity index (χ4n) is 2.31. The Balaban J connectivity index is 2.03. The molecule has 100 valence electrons. The molecule has 1 aromatic carbocycles. The SMILES string of the molecule is CC1CN(Cc2ccc(CN)cc2Br)CCCO1. The highest BCUT2D eigenvalue weighted by molar-refractivity contribution is 9.10. The Morgan fingerprint density at radius 2 is 2.33 bits per heavy atom. The van der Waals surface area contributed by atoms with E-state index in [1.165, 1.54) is 5.56 Å². The largest absolute Gasteiger partial charge is 0.377 e. The predicted octanol–water partition coefficient (Wildman–Crippen LogP) is 2.52. The first-order chi connectivity index (χ1) is 8.69. The molecule has 0 bridgehead atoms. The van der Waals surface area contributed by atoms with Gasteiger partial charge in [-0.05, 0) is 30.5 Å². The van der Waals surface area contributed by atoms with Crippen LogP contribution in [-0.4, -0.2) is 30.7 Å². The maximum Gasteiger partial charge on any atom is 0.0674 e. The lowest BCUT2D eigenvalue weighted by atomic mass is 10.1. The van der Waals surface area contributed by atoms with Crippen LogP contribution in [0.25, 0.3) is 0 Å². The third-order valence-corrected chi connectivity index (χ3v) is 4.02. The zero-order valence-electron chi connectivity index (χ0n) is 10.9. The van der Waals surface area contributed by atoms with Gasteiger partial charge < -0.3 is 10.5 Å². The molecule has 1 fully saturated rings. The van der Waals surface area contributed by atoms with Crippen LogP contribution in [0.15, 0.2) is 22.7 Å². The van der Waals surface area contributed by atoms with Gasteiger partial charge in [-0.3, -0.25) is 4.90 Å². The molecule has 18 heavy (non-hydrogen) atoms. The monoisotopic (exact) mass is 312 g/mol. The summed E-state index contributed by atoms with van der Waals surface area (Å²) >= 11 is 3.64. The Morgan fingerprint density at radius 1 is 1.50 bits per heavy atom. The zero-order chi connectivity index (χ0) is 13.0. The van der Waals surface area contributed by atoms with Crippen LogP contribution in [0, 0.1) is 0 Å². The molecule has 1 aliphatic rings. The molecule has 2 N–H and O–H groups in total. The van der Waals surface area contributed by atoms with Crippen LogP contribution in [0.1, 0.15) is 24.5 Å². The van der Waals surface area contributed by atoms with E-state index >= 15 is 0 Å². The molecule has 0 radical (unpaired) electrons. The standard InChI is InChI=1S/C14H21BrN2O/c1-11-9-17(5-2-6-18-11)10-13-4-3-12(8-16)7-14(13)15/h3-4,7,11H,2,5-6,8-10,16H2,1H3. The van der Waals surface area contributed by atoms with E-state index in [4.69, 9.17) is 10.5 Å². The molecule has 1 heterocycles. The topological polar surface area (TPSA) is 38.5 Å². The minimum absolute atomic E-state index is 0.328. The van der Waals surface area contributed by atoms with Gasteiger partial charge in [0.15, 0.2) is 0 Å². The van der Waals surface area contributed by atoms with E-state index in [0.29, 0.717) is 12.6 Å². The first-order valence-electron chi connectivity index (χ1n) is 6.50. The van der Waals surface area contributed by atoms with E-state index in [2.05, 4.69) is 46.0 Å². The number of ether oxygens (including phenoxy) is 1. The third-order valence-electron chi connectivity index (χ3n) is 3.28. The maximum absolute atomic E-state index is 5.67. The smallest absolute Gasteiger partial charge is 0.0674 e. The molecule has 1 unspecified atom stereocenters. The van der Waals surface area contributed by atoms with Crippen molar-refractivity contribution in [1.82, 2.24) is 4.90 Å². The van der Waals surface area contributed by atoms with E-state index in [-0.39, 0.29) is 0 Å². The zero-order valence-corrected chi connectivity index (χ0v) is 12.4. The van der Waals surface area contributed by atoms with Crippen molar-refractivity contribution in [2.75, 3.05) is 19.7 Å². The number of hydrogen-bond donors (Lipinski definition) is 1. The molecule has 0 saturated carbocycles. The highest BCUT2D eigenvalue weighted by Crippen LogP contribution is 2.21. The van der Waals surface area contributed by atoms with Crippen LogP contribution in [0.5, 0.6) is 0 Å².